The summed E-state index contributed by atoms with van der Waals surface area (Å²) < 4.78 is 5.37. The summed E-state index contributed by atoms with van der Waals surface area (Å²) in [4.78, 5) is 15.9. The molecule has 0 saturated carbocycles. The topological polar surface area (TPSA) is 65.9 Å². The largest absolute Gasteiger partial charge is 0.423 e. The first-order valence-corrected chi connectivity index (χ1v) is 7.04. The molecule has 3 aromatic rings. The zero-order chi connectivity index (χ0) is 14.7. The molecule has 0 bridgehead atoms. The number of hydrogen-bond donors (Lipinski definition) is 1. The van der Waals surface area contributed by atoms with Crippen molar-refractivity contribution in [3.8, 4) is 11.2 Å². The smallest absolute Gasteiger partial charge is 0.343 e. The van der Waals surface area contributed by atoms with Crippen molar-refractivity contribution in [3.05, 3.63) is 60.3 Å². The van der Waals surface area contributed by atoms with Crippen molar-refractivity contribution in [1.82, 2.24) is 4.98 Å². The number of esters is 1. The first-order chi connectivity index (χ1) is 10.3. The Morgan fingerprint density at radius 2 is 2.00 bits per heavy atom. The summed E-state index contributed by atoms with van der Waals surface area (Å²) in [5, 5.41) is 11.7. The molecule has 1 N–H and O–H groups in total. The van der Waals surface area contributed by atoms with E-state index in [4.69, 9.17) is 10.00 Å². The van der Waals surface area contributed by atoms with E-state index in [0.29, 0.717) is 11.3 Å². The number of aromatic amines is 1. The van der Waals surface area contributed by atoms with Gasteiger partial charge in [-0.15, -0.1) is 0 Å². The van der Waals surface area contributed by atoms with Crippen LogP contribution in [0.25, 0.3) is 10.9 Å². The maximum Gasteiger partial charge on any atom is 0.343 e. The molecule has 0 amide bonds. The van der Waals surface area contributed by atoms with E-state index in [0.717, 1.165) is 27.6 Å². The Morgan fingerprint density at radius 1 is 1.19 bits per heavy atom. The Kier molecular flexibility index (Phi) is 3.63. The van der Waals surface area contributed by atoms with Crippen molar-refractivity contribution in [2.75, 3.05) is 0 Å². The van der Waals surface area contributed by atoms with Gasteiger partial charge in [-0.25, -0.2) is 4.79 Å². The third kappa shape index (κ3) is 2.76. The van der Waals surface area contributed by atoms with E-state index in [9.17, 15) is 4.79 Å². The Morgan fingerprint density at radius 3 is 2.76 bits per heavy atom. The van der Waals surface area contributed by atoms with Crippen LogP contribution in [0.15, 0.2) is 59.6 Å². The third-order valence-corrected chi connectivity index (χ3v) is 3.64. The summed E-state index contributed by atoms with van der Waals surface area (Å²) in [6.07, 6.45) is 1.77. The Hall–Kier alpha value is -2.71. The maximum absolute atomic E-state index is 12.0. The van der Waals surface area contributed by atoms with E-state index >= 15 is 0 Å². The zero-order valence-corrected chi connectivity index (χ0v) is 11.7. The summed E-state index contributed by atoms with van der Waals surface area (Å²) in [6.45, 7) is 0. The van der Waals surface area contributed by atoms with Crippen molar-refractivity contribution in [2.24, 2.45) is 0 Å². The molecule has 0 saturated heterocycles. The predicted molar refractivity (Wildman–Crippen MR) is 81.2 cm³/mol. The molecular formula is C16H10N2O2S. The average molecular weight is 294 g/mol. The quantitative estimate of drug-likeness (QED) is 0.343. The molecular weight excluding hydrogens is 284 g/mol. The average Bonchev–Trinajstić information content (AvgIpc) is 2.91. The Balaban J connectivity index is 1.89. The molecule has 0 aliphatic heterocycles. The van der Waals surface area contributed by atoms with Crippen LogP contribution < -0.4 is 4.74 Å². The molecule has 0 atom stereocenters. The van der Waals surface area contributed by atoms with Crippen molar-refractivity contribution in [2.45, 2.75) is 4.90 Å². The van der Waals surface area contributed by atoms with Gasteiger partial charge < -0.3 is 9.72 Å². The second-order valence-corrected chi connectivity index (χ2v) is 5.14. The molecule has 0 unspecified atom stereocenters. The first-order valence-electron chi connectivity index (χ1n) is 6.22. The molecule has 0 radical (unpaired) electrons. The lowest BCUT2D eigenvalue weighted by Gasteiger charge is -2.04. The molecule has 5 heteroatoms. The molecule has 0 aliphatic rings. The van der Waals surface area contributed by atoms with Gasteiger partial charge in [0.05, 0.1) is 5.56 Å². The fraction of sp³-hybridized carbons (Fsp3) is 0. The Bertz CT molecular complexity index is 834. The minimum atomic E-state index is -0.403. The van der Waals surface area contributed by atoms with Gasteiger partial charge in [0.2, 0.25) is 0 Å². The van der Waals surface area contributed by atoms with Crippen molar-refractivity contribution >= 4 is 28.6 Å². The lowest BCUT2D eigenvalue weighted by molar-refractivity contribution is 0.0735. The number of fused-ring (bicyclic) bond motifs is 1. The lowest BCUT2D eigenvalue weighted by atomic mass is 10.2. The molecule has 21 heavy (non-hydrogen) atoms. The van der Waals surface area contributed by atoms with Gasteiger partial charge in [-0.05, 0) is 42.1 Å². The van der Waals surface area contributed by atoms with Crippen LogP contribution >= 0.6 is 11.8 Å². The van der Waals surface area contributed by atoms with Gasteiger partial charge in [0.15, 0.2) is 0 Å². The normalized spacial score (nSPS) is 10.2. The van der Waals surface area contributed by atoms with Gasteiger partial charge in [0.25, 0.3) is 0 Å². The molecule has 1 heterocycles. The van der Waals surface area contributed by atoms with Crippen LogP contribution in [0.5, 0.6) is 5.75 Å². The number of benzene rings is 2. The van der Waals surface area contributed by atoms with Crippen LogP contribution in [0.3, 0.4) is 0 Å². The molecule has 102 valence electrons. The van der Waals surface area contributed by atoms with Crippen molar-refractivity contribution < 1.29 is 9.53 Å². The second kappa shape index (κ2) is 5.73. The summed E-state index contributed by atoms with van der Waals surface area (Å²) in [5.74, 6) is 0.0516. The molecule has 0 spiro atoms. The highest BCUT2D eigenvalue weighted by molar-refractivity contribution is 8.04. The fourth-order valence-corrected chi connectivity index (χ4v) is 2.51. The van der Waals surface area contributed by atoms with Gasteiger partial charge >= 0.3 is 5.97 Å². The highest BCUT2D eigenvalue weighted by Crippen LogP contribution is 2.30. The number of nitrogens with zero attached hydrogens (tertiary/aromatic N) is 1. The van der Waals surface area contributed by atoms with E-state index in [1.807, 2.05) is 17.5 Å². The molecule has 3 rings (SSSR count). The molecule has 0 fully saturated rings. The zero-order valence-electron chi connectivity index (χ0n) is 10.9. The van der Waals surface area contributed by atoms with Gasteiger partial charge in [0, 0.05) is 22.0 Å². The fourth-order valence-electron chi connectivity index (χ4n) is 2.01. The van der Waals surface area contributed by atoms with E-state index < -0.39 is 5.97 Å². The summed E-state index contributed by atoms with van der Waals surface area (Å²) in [7, 11) is 0. The van der Waals surface area contributed by atoms with Crippen LogP contribution in [0, 0.1) is 10.7 Å². The van der Waals surface area contributed by atoms with Crippen molar-refractivity contribution in [1.29, 1.82) is 5.26 Å². The van der Waals surface area contributed by atoms with Gasteiger partial charge in [-0.3, -0.25) is 0 Å². The molecule has 2 aromatic carbocycles. The van der Waals surface area contributed by atoms with Gasteiger partial charge in [0.1, 0.15) is 11.2 Å². The number of nitriles is 1. The third-order valence-electron chi connectivity index (χ3n) is 2.99. The number of carbonyl (C=O) groups is 1. The number of aromatic nitrogens is 1. The lowest BCUT2D eigenvalue weighted by Crippen LogP contribution is -2.07. The van der Waals surface area contributed by atoms with Crippen LogP contribution in [-0.2, 0) is 0 Å². The SMILES string of the molecule is N#CSc1c[nH]c2ccc(OC(=O)c3ccccc3)cc12. The van der Waals surface area contributed by atoms with E-state index in [1.165, 1.54) is 0 Å². The van der Waals surface area contributed by atoms with Crippen LogP contribution in [0.2, 0.25) is 0 Å². The number of ether oxygens (including phenoxy) is 1. The number of thioether (sulfide) groups is 1. The molecule has 4 nitrogen and oxygen atoms in total. The predicted octanol–water partition coefficient (Wildman–Crippen LogP) is 3.96. The maximum atomic E-state index is 12.0. The minimum absolute atomic E-state index is 0.403. The van der Waals surface area contributed by atoms with Crippen LogP contribution in [0.1, 0.15) is 10.4 Å². The van der Waals surface area contributed by atoms with E-state index in [1.54, 1.807) is 42.6 Å². The van der Waals surface area contributed by atoms with Crippen molar-refractivity contribution in [3.63, 3.8) is 0 Å². The standard InChI is InChI=1S/C16H10N2O2S/c17-10-21-15-9-18-14-7-6-12(8-13(14)15)20-16(19)11-4-2-1-3-5-11/h1-9,18H. The van der Waals surface area contributed by atoms with E-state index in [-0.39, 0.29) is 0 Å². The summed E-state index contributed by atoms with van der Waals surface area (Å²) >= 11 is 1.07. The van der Waals surface area contributed by atoms with Crippen LogP contribution in [-0.4, -0.2) is 11.0 Å². The highest BCUT2D eigenvalue weighted by atomic mass is 32.2. The number of hydrogen-bond acceptors (Lipinski definition) is 4. The Labute approximate surface area is 125 Å². The number of rotatable bonds is 3. The highest BCUT2D eigenvalue weighted by Gasteiger charge is 2.10. The van der Waals surface area contributed by atoms with E-state index in [2.05, 4.69) is 4.98 Å². The number of thiocyanates is 1. The monoisotopic (exact) mass is 294 g/mol. The number of carbonyl (C=O) groups excluding carboxylic acids is 1. The van der Waals surface area contributed by atoms with Gasteiger partial charge in [-0.2, -0.15) is 5.26 Å². The summed E-state index contributed by atoms with van der Waals surface area (Å²) in [6, 6.07) is 14.1. The minimum Gasteiger partial charge on any atom is -0.423 e. The second-order valence-electron chi connectivity index (χ2n) is 4.31. The first kappa shape index (κ1) is 13.3. The number of H-pyrrole nitrogens is 1. The summed E-state index contributed by atoms with van der Waals surface area (Å²) in [5.41, 5.74) is 1.39. The van der Waals surface area contributed by atoms with Crippen LogP contribution in [0.4, 0.5) is 0 Å². The number of nitrogens with one attached hydrogen (secondary N) is 1. The van der Waals surface area contributed by atoms with Gasteiger partial charge in [-0.1, -0.05) is 18.2 Å². The molecule has 0 aliphatic carbocycles. The molecule has 1 aromatic heterocycles.